The molecule has 1 aliphatic carbocycles. The Morgan fingerprint density at radius 3 is 2.24 bits per heavy atom. The molecule has 1 aromatic carbocycles. The average Bonchev–Trinajstić information content (AvgIpc) is 3.65. The standard InChI is InChI=1S/C26H30F3IN6O2/c1-16-14-20(32-24(31-16)36-10-4-17(5-11-36)26(27,28)29)23(38)34-33-22(37)19-3-2-18(30)15-21(19)35-12-8-25(6-7-25)9-13-35/h2-3,14-15,17H,4-13H2,1H3,(H,33,37)(H,34,38). The Labute approximate surface area is 232 Å². The molecular formula is C26H30F3IN6O2. The van der Waals surface area contributed by atoms with Gasteiger partial charge in [0.1, 0.15) is 5.69 Å². The van der Waals surface area contributed by atoms with Crippen LogP contribution >= 0.6 is 22.6 Å². The second kappa shape index (κ2) is 10.5. The molecule has 3 aliphatic rings. The fourth-order valence-electron chi connectivity index (χ4n) is 5.32. The van der Waals surface area contributed by atoms with Crippen LogP contribution in [-0.2, 0) is 0 Å². The molecule has 0 bridgehead atoms. The summed E-state index contributed by atoms with van der Waals surface area (Å²) in [5.41, 5.74) is 7.30. The van der Waals surface area contributed by atoms with Gasteiger partial charge in [-0.05, 0) is 97.7 Å². The van der Waals surface area contributed by atoms with Gasteiger partial charge in [-0.3, -0.25) is 20.4 Å². The summed E-state index contributed by atoms with van der Waals surface area (Å²) in [6, 6.07) is 7.09. The van der Waals surface area contributed by atoms with E-state index in [-0.39, 0.29) is 37.6 Å². The molecule has 2 amide bonds. The summed E-state index contributed by atoms with van der Waals surface area (Å²) in [4.78, 5) is 38.5. The SMILES string of the molecule is Cc1cc(C(=O)NNC(=O)c2ccc(I)cc2N2CCC3(CC2)CC3)nc(N2CCC(C(F)(F)F)CC2)n1. The van der Waals surface area contributed by atoms with Crippen molar-refractivity contribution < 1.29 is 22.8 Å². The van der Waals surface area contributed by atoms with E-state index in [0.717, 1.165) is 35.2 Å². The zero-order valence-electron chi connectivity index (χ0n) is 21.1. The van der Waals surface area contributed by atoms with Crippen LogP contribution in [0.15, 0.2) is 24.3 Å². The molecule has 0 radical (unpaired) electrons. The molecule has 0 unspecified atom stereocenters. The molecule has 1 aromatic heterocycles. The second-order valence-electron chi connectivity index (χ2n) is 10.6. The van der Waals surface area contributed by atoms with Crippen LogP contribution in [-0.4, -0.2) is 54.1 Å². The van der Waals surface area contributed by atoms with Crippen molar-refractivity contribution in [2.75, 3.05) is 36.0 Å². The molecule has 0 atom stereocenters. The lowest BCUT2D eigenvalue weighted by molar-refractivity contribution is -0.179. The molecule has 38 heavy (non-hydrogen) atoms. The number of benzene rings is 1. The molecule has 204 valence electrons. The van der Waals surface area contributed by atoms with Gasteiger partial charge >= 0.3 is 6.18 Å². The number of piperidine rings is 2. The molecule has 3 fully saturated rings. The zero-order valence-corrected chi connectivity index (χ0v) is 23.2. The van der Waals surface area contributed by atoms with Gasteiger partial charge in [-0.1, -0.05) is 0 Å². The summed E-state index contributed by atoms with van der Waals surface area (Å²) in [7, 11) is 0. The van der Waals surface area contributed by atoms with Crippen LogP contribution in [0.4, 0.5) is 24.8 Å². The van der Waals surface area contributed by atoms with Crippen molar-refractivity contribution in [2.24, 2.45) is 11.3 Å². The first-order valence-corrected chi connectivity index (χ1v) is 13.9. The highest BCUT2D eigenvalue weighted by Gasteiger charge is 2.45. The van der Waals surface area contributed by atoms with Crippen LogP contribution in [0, 0.1) is 21.8 Å². The number of hydrazine groups is 1. The quantitative estimate of drug-likeness (QED) is 0.374. The number of hydrogen-bond donors (Lipinski definition) is 2. The summed E-state index contributed by atoms with van der Waals surface area (Å²) >= 11 is 2.23. The Bertz CT molecular complexity index is 1220. The van der Waals surface area contributed by atoms with E-state index < -0.39 is 23.9 Å². The van der Waals surface area contributed by atoms with Crippen LogP contribution in [0.25, 0.3) is 0 Å². The van der Waals surface area contributed by atoms with Gasteiger partial charge in [-0.25, -0.2) is 9.97 Å². The van der Waals surface area contributed by atoms with E-state index >= 15 is 0 Å². The largest absolute Gasteiger partial charge is 0.391 e. The highest BCUT2D eigenvalue weighted by molar-refractivity contribution is 14.1. The summed E-state index contributed by atoms with van der Waals surface area (Å²) in [5, 5.41) is 0. The van der Waals surface area contributed by atoms with Gasteiger partial charge in [0.15, 0.2) is 0 Å². The first kappa shape index (κ1) is 26.9. The Kier molecular flexibility index (Phi) is 7.44. The van der Waals surface area contributed by atoms with E-state index in [4.69, 9.17) is 0 Å². The third-order valence-corrected chi connectivity index (χ3v) is 8.60. The van der Waals surface area contributed by atoms with Crippen molar-refractivity contribution in [3.63, 3.8) is 0 Å². The maximum Gasteiger partial charge on any atom is 0.391 e. The molecule has 1 spiro atoms. The minimum Gasteiger partial charge on any atom is -0.371 e. The maximum absolute atomic E-state index is 13.1. The van der Waals surface area contributed by atoms with Crippen LogP contribution in [0.3, 0.4) is 0 Å². The Balaban J connectivity index is 1.23. The number of aromatic nitrogens is 2. The van der Waals surface area contributed by atoms with Crippen LogP contribution < -0.4 is 20.7 Å². The maximum atomic E-state index is 13.1. The number of alkyl halides is 3. The Morgan fingerprint density at radius 2 is 1.61 bits per heavy atom. The Hall–Kier alpha value is -2.64. The fraction of sp³-hybridized carbons (Fsp3) is 0.538. The van der Waals surface area contributed by atoms with E-state index in [9.17, 15) is 22.8 Å². The molecule has 3 heterocycles. The molecule has 2 saturated heterocycles. The topological polar surface area (TPSA) is 90.5 Å². The number of rotatable bonds is 4. The number of halogens is 4. The number of aryl methyl sites for hydroxylation is 1. The lowest BCUT2D eigenvalue weighted by atomic mass is 9.93. The van der Waals surface area contributed by atoms with E-state index in [1.54, 1.807) is 17.9 Å². The predicted octanol–water partition coefficient (Wildman–Crippen LogP) is 4.62. The van der Waals surface area contributed by atoms with Gasteiger partial charge in [0.2, 0.25) is 5.95 Å². The number of carbonyl (C=O) groups is 2. The van der Waals surface area contributed by atoms with E-state index in [2.05, 4.69) is 48.3 Å². The van der Waals surface area contributed by atoms with Crippen LogP contribution in [0.5, 0.6) is 0 Å². The van der Waals surface area contributed by atoms with Gasteiger partial charge < -0.3 is 9.80 Å². The van der Waals surface area contributed by atoms with Crippen LogP contribution in [0.2, 0.25) is 0 Å². The minimum absolute atomic E-state index is 0.0272. The number of carbonyl (C=O) groups excluding carboxylic acids is 2. The average molecular weight is 642 g/mol. The summed E-state index contributed by atoms with van der Waals surface area (Å²) in [6.45, 7) is 3.79. The van der Waals surface area contributed by atoms with Crippen molar-refractivity contribution in [3.8, 4) is 0 Å². The van der Waals surface area contributed by atoms with Crippen LogP contribution in [0.1, 0.15) is 65.1 Å². The van der Waals surface area contributed by atoms with Gasteiger partial charge in [0.05, 0.1) is 17.2 Å². The van der Waals surface area contributed by atoms with E-state index in [0.29, 0.717) is 16.7 Å². The monoisotopic (exact) mass is 642 g/mol. The molecule has 8 nitrogen and oxygen atoms in total. The van der Waals surface area contributed by atoms with Crippen molar-refractivity contribution in [1.29, 1.82) is 0 Å². The Morgan fingerprint density at radius 1 is 0.947 bits per heavy atom. The number of hydrogen-bond acceptors (Lipinski definition) is 6. The number of anilines is 2. The third-order valence-electron chi connectivity index (χ3n) is 7.93. The number of nitrogens with zero attached hydrogens (tertiary/aromatic N) is 4. The molecule has 2 aliphatic heterocycles. The van der Waals surface area contributed by atoms with E-state index in [1.807, 2.05) is 12.1 Å². The van der Waals surface area contributed by atoms with Crippen molar-refractivity contribution in [1.82, 2.24) is 20.8 Å². The van der Waals surface area contributed by atoms with Gasteiger partial charge in [-0.2, -0.15) is 13.2 Å². The minimum atomic E-state index is -4.22. The van der Waals surface area contributed by atoms with Crippen molar-refractivity contribution in [2.45, 2.75) is 51.6 Å². The smallest absolute Gasteiger partial charge is 0.371 e. The summed E-state index contributed by atoms with van der Waals surface area (Å²) < 4.78 is 40.1. The van der Waals surface area contributed by atoms with Gasteiger partial charge in [0, 0.05) is 35.4 Å². The predicted molar refractivity (Wildman–Crippen MR) is 145 cm³/mol. The van der Waals surface area contributed by atoms with E-state index in [1.165, 1.54) is 18.9 Å². The van der Waals surface area contributed by atoms with Gasteiger partial charge in [0.25, 0.3) is 11.8 Å². The highest BCUT2D eigenvalue weighted by atomic mass is 127. The van der Waals surface area contributed by atoms with Gasteiger partial charge in [-0.15, -0.1) is 0 Å². The molecule has 2 aromatic rings. The molecule has 2 N–H and O–H groups in total. The third kappa shape index (κ3) is 5.99. The lowest BCUT2D eigenvalue weighted by Crippen LogP contribution is -2.43. The fourth-order valence-corrected chi connectivity index (χ4v) is 5.79. The molecule has 12 heteroatoms. The number of nitrogens with one attached hydrogen (secondary N) is 2. The molecular weight excluding hydrogens is 612 g/mol. The lowest BCUT2D eigenvalue weighted by Gasteiger charge is -2.35. The normalized spacial score (nSPS) is 19.4. The summed E-state index contributed by atoms with van der Waals surface area (Å²) in [5.74, 6) is -2.19. The first-order valence-electron chi connectivity index (χ1n) is 12.9. The van der Waals surface area contributed by atoms with Crippen molar-refractivity contribution in [3.05, 3.63) is 44.8 Å². The first-order chi connectivity index (χ1) is 18.0. The van der Waals surface area contributed by atoms with Crippen molar-refractivity contribution >= 4 is 46.0 Å². The highest BCUT2D eigenvalue weighted by Crippen LogP contribution is 2.54. The molecule has 5 rings (SSSR count). The second-order valence-corrected chi connectivity index (χ2v) is 11.8. The molecule has 1 saturated carbocycles. The zero-order chi connectivity index (χ0) is 27.1. The summed E-state index contributed by atoms with van der Waals surface area (Å²) in [6.07, 6.45) is 0.529. The number of amides is 2.